The van der Waals surface area contributed by atoms with E-state index in [9.17, 15) is 14.4 Å². The molecule has 2 aliphatic rings. The average Bonchev–Trinajstić information content (AvgIpc) is 3.34. The quantitative estimate of drug-likeness (QED) is 0.442. The number of hydrogen-bond acceptors (Lipinski definition) is 6. The van der Waals surface area contributed by atoms with Crippen LogP contribution in [0.15, 0.2) is 39.7 Å². The van der Waals surface area contributed by atoms with E-state index in [-0.39, 0.29) is 11.1 Å². The number of furan rings is 1. The van der Waals surface area contributed by atoms with Gasteiger partial charge >= 0.3 is 5.97 Å². The summed E-state index contributed by atoms with van der Waals surface area (Å²) in [5, 5.41) is -0.206. The van der Waals surface area contributed by atoms with Crippen LogP contribution in [-0.2, 0) is 9.53 Å². The molecule has 2 amide bonds. The van der Waals surface area contributed by atoms with Crippen LogP contribution in [0.5, 0.6) is 0 Å². The molecule has 2 heterocycles. The zero-order valence-electron chi connectivity index (χ0n) is 17.7. The molecule has 0 radical (unpaired) electrons. The van der Waals surface area contributed by atoms with Crippen LogP contribution < -0.4 is 0 Å². The predicted molar refractivity (Wildman–Crippen MR) is 119 cm³/mol. The lowest BCUT2D eigenvalue weighted by Gasteiger charge is -2.25. The lowest BCUT2D eigenvalue weighted by molar-refractivity contribution is -0.123. The summed E-state index contributed by atoms with van der Waals surface area (Å²) in [6.07, 6.45) is 7.38. The number of aryl methyl sites for hydroxylation is 1. The van der Waals surface area contributed by atoms with Crippen molar-refractivity contribution in [3.8, 4) is 11.3 Å². The van der Waals surface area contributed by atoms with E-state index in [0.29, 0.717) is 34.5 Å². The number of amides is 2. The zero-order chi connectivity index (χ0) is 22.0. The largest absolute Gasteiger partial charge is 0.465 e. The third-order valence-corrected chi connectivity index (χ3v) is 6.76. The number of rotatable bonds is 5. The van der Waals surface area contributed by atoms with Crippen molar-refractivity contribution in [3.63, 3.8) is 0 Å². The molecular weight excluding hydrogens is 414 g/mol. The first-order valence-electron chi connectivity index (χ1n) is 10.5. The number of carbonyl (C=O) groups excluding carboxylic acids is 3. The number of hydrogen-bond donors (Lipinski definition) is 0. The van der Waals surface area contributed by atoms with E-state index in [1.54, 1.807) is 24.3 Å². The van der Waals surface area contributed by atoms with Crippen molar-refractivity contribution in [1.29, 1.82) is 0 Å². The first-order valence-corrected chi connectivity index (χ1v) is 11.3. The molecule has 162 valence electrons. The van der Waals surface area contributed by atoms with Crippen molar-refractivity contribution in [3.05, 3.63) is 52.1 Å². The fraction of sp³-hybridized carbons (Fsp3) is 0.375. The van der Waals surface area contributed by atoms with Crippen molar-refractivity contribution in [2.75, 3.05) is 13.7 Å². The summed E-state index contributed by atoms with van der Waals surface area (Å²) < 4.78 is 10.7. The van der Waals surface area contributed by atoms with Gasteiger partial charge in [0.1, 0.15) is 11.5 Å². The minimum atomic E-state index is -0.390. The molecule has 2 fully saturated rings. The summed E-state index contributed by atoms with van der Waals surface area (Å²) in [5.74, 6) is 0.917. The van der Waals surface area contributed by atoms with Crippen LogP contribution in [-0.4, -0.2) is 35.7 Å². The molecule has 7 heteroatoms. The number of esters is 1. The fourth-order valence-corrected chi connectivity index (χ4v) is 5.00. The Hall–Kier alpha value is -2.80. The maximum Gasteiger partial charge on any atom is 0.337 e. The molecule has 2 aromatic rings. The van der Waals surface area contributed by atoms with Crippen LogP contribution in [0.1, 0.15) is 53.8 Å². The van der Waals surface area contributed by atoms with Gasteiger partial charge in [0.05, 0.1) is 17.6 Å². The van der Waals surface area contributed by atoms with Crippen LogP contribution in [0.2, 0.25) is 0 Å². The third-order valence-electron chi connectivity index (χ3n) is 5.85. The summed E-state index contributed by atoms with van der Waals surface area (Å²) >= 11 is 0.968. The van der Waals surface area contributed by atoms with Crippen molar-refractivity contribution < 1.29 is 23.5 Å². The summed E-state index contributed by atoms with van der Waals surface area (Å²) in [7, 11) is 1.35. The number of carbonyl (C=O) groups is 3. The van der Waals surface area contributed by atoms with Crippen LogP contribution >= 0.6 is 11.8 Å². The molecule has 0 bridgehead atoms. The Bertz CT molecular complexity index is 1050. The van der Waals surface area contributed by atoms with Crippen LogP contribution in [0.3, 0.4) is 0 Å². The molecule has 4 rings (SSSR count). The predicted octanol–water partition coefficient (Wildman–Crippen LogP) is 5.66. The number of thioether (sulfide) groups is 1. The summed E-state index contributed by atoms with van der Waals surface area (Å²) in [5.41, 5.74) is 2.19. The summed E-state index contributed by atoms with van der Waals surface area (Å²) in [6.45, 7) is 2.40. The minimum absolute atomic E-state index is 0.206. The van der Waals surface area contributed by atoms with E-state index >= 15 is 0 Å². The summed E-state index contributed by atoms with van der Waals surface area (Å²) in [4.78, 5) is 38.7. The lowest BCUT2D eigenvalue weighted by atomic mass is 9.89. The van der Waals surface area contributed by atoms with E-state index in [0.717, 1.165) is 35.7 Å². The van der Waals surface area contributed by atoms with E-state index < -0.39 is 5.97 Å². The number of nitrogens with zero attached hydrogens (tertiary/aromatic N) is 1. The second kappa shape index (κ2) is 9.14. The minimum Gasteiger partial charge on any atom is -0.465 e. The van der Waals surface area contributed by atoms with E-state index in [4.69, 9.17) is 9.15 Å². The Morgan fingerprint density at radius 1 is 1.19 bits per heavy atom. The second-order valence-corrected chi connectivity index (χ2v) is 9.01. The van der Waals surface area contributed by atoms with Gasteiger partial charge in [0, 0.05) is 18.2 Å². The Morgan fingerprint density at radius 2 is 1.97 bits per heavy atom. The highest BCUT2D eigenvalue weighted by Crippen LogP contribution is 2.36. The molecule has 0 unspecified atom stereocenters. The highest BCUT2D eigenvalue weighted by atomic mass is 32.2. The normalized spacial score (nSPS) is 18.8. The topological polar surface area (TPSA) is 76.8 Å². The first kappa shape index (κ1) is 21.4. The maximum atomic E-state index is 12.8. The molecule has 1 aromatic carbocycles. The van der Waals surface area contributed by atoms with Gasteiger partial charge in [-0.2, -0.15) is 0 Å². The molecule has 0 N–H and O–H groups in total. The smallest absolute Gasteiger partial charge is 0.337 e. The molecule has 1 saturated heterocycles. The van der Waals surface area contributed by atoms with E-state index in [1.807, 2.05) is 19.1 Å². The highest BCUT2D eigenvalue weighted by molar-refractivity contribution is 8.18. The Kier molecular flexibility index (Phi) is 6.32. The first-order chi connectivity index (χ1) is 15.0. The fourth-order valence-electron chi connectivity index (χ4n) is 4.17. The highest BCUT2D eigenvalue weighted by Gasteiger charge is 2.36. The average molecular weight is 440 g/mol. The van der Waals surface area contributed by atoms with Crippen LogP contribution in [0, 0.1) is 12.8 Å². The van der Waals surface area contributed by atoms with Gasteiger partial charge in [-0.1, -0.05) is 25.3 Å². The molecular formula is C24H25NO5S. The maximum absolute atomic E-state index is 12.8. The third kappa shape index (κ3) is 4.61. The van der Waals surface area contributed by atoms with Crippen LogP contribution in [0.25, 0.3) is 17.4 Å². The SMILES string of the molecule is COC(=O)c1ccc(-c2ccc(/C=C3/SC(=O)N(CC4CCCCC4)C3=O)o2)c(C)c1. The van der Waals surface area contributed by atoms with Crippen molar-refractivity contribution in [2.24, 2.45) is 5.92 Å². The Balaban J connectivity index is 1.50. The molecule has 1 aliphatic heterocycles. The van der Waals surface area contributed by atoms with Gasteiger partial charge in [0.2, 0.25) is 0 Å². The standard InChI is InChI=1S/C24H25NO5S/c1-15-12-17(23(27)29-2)8-10-19(15)20-11-9-18(30-20)13-21-22(26)25(24(28)31-21)14-16-6-4-3-5-7-16/h8-13,16H,3-7,14H2,1-2H3/b21-13+. The number of methoxy groups -OCH3 is 1. The number of benzene rings is 1. The molecule has 0 spiro atoms. The van der Waals surface area contributed by atoms with E-state index in [1.165, 1.54) is 31.3 Å². The van der Waals surface area contributed by atoms with Gasteiger partial charge in [-0.3, -0.25) is 14.5 Å². The molecule has 1 aliphatic carbocycles. The monoisotopic (exact) mass is 439 g/mol. The molecule has 1 aromatic heterocycles. The van der Waals surface area contributed by atoms with Gasteiger partial charge in [0.25, 0.3) is 11.1 Å². The van der Waals surface area contributed by atoms with Gasteiger partial charge in [-0.25, -0.2) is 4.79 Å². The lowest BCUT2D eigenvalue weighted by Crippen LogP contribution is -2.34. The molecule has 6 nitrogen and oxygen atoms in total. The van der Waals surface area contributed by atoms with Crippen LogP contribution in [0.4, 0.5) is 4.79 Å². The Morgan fingerprint density at radius 3 is 2.68 bits per heavy atom. The van der Waals surface area contributed by atoms with Gasteiger partial charge in [-0.05, 0) is 67.3 Å². The number of ether oxygens (including phenoxy) is 1. The molecule has 0 atom stereocenters. The van der Waals surface area contributed by atoms with Gasteiger partial charge < -0.3 is 9.15 Å². The van der Waals surface area contributed by atoms with Crippen molar-refractivity contribution in [2.45, 2.75) is 39.0 Å². The summed E-state index contributed by atoms with van der Waals surface area (Å²) in [6, 6.07) is 8.84. The molecule has 1 saturated carbocycles. The van der Waals surface area contributed by atoms with Crippen molar-refractivity contribution >= 4 is 35.0 Å². The Labute approximate surface area is 185 Å². The van der Waals surface area contributed by atoms with Crippen molar-refractivity contribution in [1.82, 2.24) is 4.90 Å². The number of imide groups is 1. The van der Waals surface area contributed by atoms with E-state index in [2.05, 4.69) is 0 Å². The second-order valence-electron chi connectivity index (χ2n) is 8.02. The van der Waals surface area contributed by atoms with Gasteiger partial charge in [-0.15, -0.1) is 0 Å². The zero-order valence-corrected chi connectivity index (χ0v) is 18.5. The molecule has 31 heavy (non-hydrogen) atoms. The van der Waals surface area contributed by atoms with Gasteiger partial charge in [0.15, 0.2) is 0 Å².